The highest BCUT2D eigenvalue weighted by atomic mass is 16.3. The summed E-state index contributed by atoms with van der Waals surface area (Å²) in [7, 11) is 0. The Kier molecular flexibility index (Phi) is 7.91. The molecule has 0 radical (unpaired) electrons. The van der Waals surface area contributed by atoms with Crippen LogP contribution in [0, 0.1) is 0 Å². The Hall–Kier alpha value is -1.46. The van der Waals surface area contributed by atoms with Crippen molar-refractivity contribution in [3.63, 3.8) is 0 Å². The Morgan fingerprint density at radius 2 is 2.14 bits per heavy atom. The lowest BCUT2D eigenvalue weighted by molar-refractivity contribution is 0.160. The molecule has 5 nitrogen and oxygen atoms in total. The van der Waals surface area contributed by atoms with Gasteiger partial charge in [-0.15, -0.1) is 0 Å². The molecule has 122 valence electrons. The number of aliphatic imine (C=N–C) groups is 2. The second kappa shape index (κ2) is 10.3. The van der Waals surface area contributed by atoms with E-state index >= 15 is 0 Å². The molecule has 2 unspecified atom stereocenters. The van der Waals surface area contributed by atoms with E-state index in [1.165, 1.54) is 19.3 Å². The first-order chi connectivity index (χ1) is 10.8. The van der Waals surface area contributed by atoms with Crippen molar-refractivity contribution in [3.8, 4) is 0 Å². The number of aliphatic hydroxyl groups is 1. The van der Waals surface area contributed by atoms with Crippen LogP contribution in [0.25, 0.3) is 0 Å². The minimum Gasteiger partial charge on any atom is -0.393 e. The van der Waals surface area contributed by atoms with E-state index in [-0.39, 0.29) is 6.10 Å². The largest absolute Gasteiger partial charge is 0.393 e. The molecular weight excluding hydrogens is 276 g/mol. The Morgan fingerprint density at radius 3 is 2.86 bits per heavy atom. The van der Waals surface area contributed by atoms with Crippen LogP contribution in [0.4, 0.5) is 0 Å². The van der Waals surface area contributed by atoms with E-state index in [1.807, 2.05) is 24.6 Å². The van der Waals surface area contributed by atoms with Crippen LogP contribution in [0.3, 0.4) is 0 Å². The van der Waals surface area contributed by atoms with Crippen LogP contribution in [0.5, 0.6) is 0 Å². The summed E-state index contributed by atoms with van der Waals surface area (Å²) in [6, 6.07) is 0.431. The van der Waals surface area contributed by atoms with Crippen LogP contribution in [0.15, 0.2) is 33.9 Å². The van der Waals surface area contributed by atoms with Gasteiger partial charge in [-0.25, -0.2) is 0 Å². The van der Waals surface area contributed by atoms with Crippen LogP contribution in [0.2, 0.25) is 0 Å². The van der Waals surface area contributed by atoms with E-state index in [2.05, 4.69) is 26.7 Å². The van der Waals surface area contributed by atoms with Gasteiger partial charge in [0.25, 0.3) is 0 Å². The van der Waals surface area contributed by atoms with E-state index in [4.69, 9.17) is 0 Å². The highest BCUT2D eigenvalue weighted by Gasteiger charge is 2.09. The molecule has 0 aromatic rings. The van der Waals surface area contributed by atoms with Gasteiger partial charge < -0.3 is 15.7 Å². The second-order valence-electron chi connectivity index (χ2n) is 5.81. The standard InChI is InChI=1S/C17H28N4O/c22-17(7-11-18-13-15-5-1-3-9-20-15)8-12-19-14-16-6-2-4-10-21-16/h1,3,5,13-14,16-17,20-22H,2,4,6-12H2. The molecule has 0 aliphatic carbocycles. The van der Waals surface area contributed by atoms with Crippen molar-refractivity contribution in [2.45, 2.75) is 44.2 Å². The van der Waals surface area contributed by atoms with Gasteiger partial charge in [-0.05, 0) is 38.3 Å². The van der Waals surface area contributed by atoms with Gasteiger partial charge in [-0.1, -0.05) is 18.6 Å². The van der Waals surface area contributed by atoms with Crippen LogP contribution in [-0.4, -0.2) is 55.9 Å². The van der Waals surface area contributed by atoms with E-state index in [1.54, 1.807) is 0 Å². The fourth-order valence-electron chi connectivity index (χ4n) is 2.53. The molecule has 0 bridgehead atoms. The van der Waals surface area contributed by atoms with Crippen LogP contribution >= 0.6 is 0 Å². The first kappa shape index (κ1) is 16.9. The first-order valence-electron chi connectivity index (χ1n) is 8.36. The molecule has 0 amide bonds. The van der Waals surface area contributed by atoms with E-state index < -0.39 is 0 Å². The lowest BCUT2D eigenvalue weighted by Crippen LogP contribution is -2.35. The monoisotopic (exact) mass is 304 g/mol. The molecule has 5 heteroatoms. The Labute approximate surface area is 133 Å². The van der Waals surface area contributed by atoms with Gasteiger partial charge >= 0.3 is 0 Å². The molecule has 2 aliphatic rings. The summed E-state index contributed by atoms with van der Waals surface area (Å²) in [5.41, 5.74) is 1.03. The Balaban J connectivity index is 1.52. The number of hydrogen-bond donors (Lipinski definition) is 3. The van der Waals surface area contributed by atoms with Gasteiger partial charge in [0.1, 0.15) is 0 Å². The van der Waals surface area contributed by atoms with Crippen molar-refractivity contribution in [1.29, 1.82) is 0 Å². The molecule has 22 heavy (non-hydrogen) atoms. The predicted molar refractivity (Wildman–Crippen MR) is 92.8 cm³/mol. The lowest BCUT2D eigenvalue weighted by atomic mass is 10.1. The van der Waals surface area contributed by atoms with Gasteiger partial charge in [0.05, 0.1) is 11.8 Å². The zero-order valence-electron chi connectivity index (χ0n) is 13.2. The van der Waals surface area contributed by atoms with Crippen molar-refractivity contribution < 1.29 is 5.11 Å². The average Bonchev–Trinajstić information content (AvgIpc) is 2.57. The number of rotatable bonds is 8. The summed E-state index contributed by atoms with van der Waals surface area (Å²) >= 11 is 0. The Morgan fingerprint density at radius 1 is 1.27 bits per heavy atom. The maximum absolute atomic E-state index is 9.92. The molecule has 2 atom stereocenters. The number of hydrogen-bond acceptors (Lipinski definition) is 5. The average molecular weight is 304 g/mol. The Bertz CT molecular complexity index is 422. The maximum atomic E-state index is 9.92. The molecular formula is C17H28N4O. The molecule has 2 rings (SSSR count). The third kappa shape index (κ3) is 7.00. The van der Waals surface area contributed by atoms with Crippen LogP contribution < -0.4 is 10.6 Å². The molecule has 0 aromatic carbocycles. The lowest BCUT2D eigenvalue weighted by Gasteiger charge is -2.19. The van der Waals surface area contributed by atoms with E-state index in [9.17, 15) is 5.11 Å². The molecule has 2 heterocycles. The number of nitrogens with one attached hydrogen (secondary N) is 2. The zero-order chi connectivity index (χ0) is 15.5. The normalized spacial score (nSPS) is 23.7. The first-order valence-corrected chi connectivity index (χ1v) is 8.36. The third-order valence-corrected chi connectivity index (χ3v) is 3.88. The highest BCUT2D eigenvalue weighted by molar-refractivity contribution is 5.78. The van der Waals surface area contributed by atoms with Crippen LogP contribution in [-0.2, 0) is 0 Å². The number of allylic oxidation sites excluding steroid dienone is 3. The maximum Gasteiger partial charge on any atom is 0.0575 e. The third-order valence-electron chi connectivity index (χ3n) is 3.88. The summed E-state index contributed by atoms with van der Waals surface area (Å²) in [6.45, 7) is 3.30. The van der Waals surface area contributed by atoms with Gasteiger partial charge in [-0.3, -0.25) is 9.98 Å². The van der Waals surface area contributed by atoms with E-state index in [0.29, 0.717) is 32.0 Å². The molecule has 0 aromatic heterocycles. The van der Waals surface area contributed by atoms with Gasteiger partial charge in [0.2, 0.25) is 0 Å². The number of dihydropyridines is 1. The van der Waals surface area contributed by atoms with Gasteiger partial charge in [0, 0.05) is 38.1 Å². The van der Waals surface area contributed by atoms with E-state index in [0.717, 1.165) is 18.8 Å². The predicted octanol–water partition coefficient (Wildman–Crippen LogP) is 1.45. The molecule has 1 fully saturated rings. The molecule has 3 N–H and O–H groups in total. The van der Waals surface area contributed by atoms with Crippen molar-refractivity contribution in [2.24, 2.45) is 9.98 Å². The second-order valence-corrected chi connectivity index (χ2v) is 5.81. The van der Waals surface area contributed by atoms with Gasteiger partial charge in [-0.2, -0.15) is 0 Å². The molecule has 0 spiro atoms. The summed E-state index contributed by atoms with van der Waals surface area (Å²) in [6.07, 6.45) is 14.7. The topological polar surface area (TPSA) is 69.0 Å². The summed E-state index contributed by atoms with van der Waals surface area (Å²) in [4.78, 5) is 8.76. The van der Waals surface area contributed by atoms with Crippen molar-refractivity contribution in [1.82, 2.24) is 10.6 Å². The molecule has 1 saturated heterocycles. The summed E-state index contributed by atoms with van der Waals surface area (Å²) in [5, 5.41) is 16.6. The minimum absolute atomic E-state index is 0.318. The fraction of sp³-hybridized carbons (Fsp3) is 0.647. The van der Waals surface area contributed by atoms with Crippen molar-refractivity contribution in [3.05, 3.63) is 23.9 Å². The van der Waals surface area contributed by atoms with Crippen molar-refractivity contribution >= 4 is 12.4 Å². The number of piperidine rings is 1. The summed E-state index contributed by atoms with van der Waals surface area (Å²) in [5.74, 6) is 0. The number of nitrogens with zero attached hydrogens (tertiary/aromatic N) is 2. The SMILES string of the molecule is OC(CCN=CC1=CC=CCN1)CCN=CC1CCCCN1. The van der Waals surface area contributed by atoms with Crippen LogP contribution in [0.1, 0.15) is 32.1 Å². The summed E-state index contributed by atoms with van der Waals surface area (Å²) < 4.78 is 0. The quantitative estimate of drug-likeness (QED) is 0.595. The molecule has 2 aliphatic heterocycles. The van der Waals surface area contributed by atoms with Crippen molar-refractivity contribution in [2.75, 3.05) is 26.2 Å². The fourth-order valence-corrected chi connectivity index (χ4v) is 2.53. The van der Waals surface area contributed by atoms with Gasteiger partial charge in [0.15, 0.2) is 0 Å². The number of aliphatic hydroxyl groups excluding tert-OH is 1. The highest BCUT2D eigenvalue weighted by Crippen LogP contribution is 2.05. The smallest absolute Gasteiger partial charge is 0.0575 e. The minimum atomic E-state index is -0.318. The zero-order valence-corrected chi connectivity index (χ0v) is 13.2. The molecule has 0 saturated carbocycles.